The molecule has 1 aromatic heterocycles. The molecule has 0 aromatic carbocycles. The van der Waals surface area contributed by atoms with Gasteiger partial charge < -0.3 is 14.1 Å². The van der Waals surface area contributed by atoms with Gasteiger partial charge in [0.1, 0.15) is 11.8 Å². The van der Waals surface area contributed by atoms with Crippen LogP contribution in [0.15, 0.2) is 50.7 Å². The first kappa shape index (κ1) is 12.1. The Labute approximate surface area is 114 Å². The van der Waals surface area contributed by atoms with Gasteiger partial charge in [-0.25, -0.2) is 9.79 Å². The van der Waals surface area contributed by atoms with E-state index in [4.69, 9.17) is 9.15 Å². The minimum Gasteiger partial charge on any atom is -0.467 e. The molecule has 0 saturated carbocycles. The van der Waals surface area contributed by atoms with E-state index in [1.165, 1.54) is 18.9 Å². The highest BCUT2D eigenvalue weighted by molar-refractivity contribution is 8.16. The van der Waals surface area contributed by atoms with E-state index < -0.39 is 0 Å². The zero-order valence-corrected chi connectivity index (χ0v) is 11.3. The fraction of sp³-hybridized carbons (Fsp3) is 0.231. The van der Waals surface area contributed by atoms with E-state index in [-0.39, 0.29) is 12.0 Å². The molecule has 0 spiro atoms. The van der Waals surface area contributed by atoms with E-state index in [1.54, 1.807) is 12.3 Å². The Morgan fingerprint density at radius 2 is 2.42 bits per heavy atom. The molecule has 19 heavy (non-hydrogen) atoms. The molecule has 5 nitrogen and oxygen atoms in total. The van der Waals surface area contributed by atoms with Crippen molar-refractivity contribution in [3.63, 3.8) is 0 Å². The Hall–Kier alpha value is -1.95. The van der Waals surface area contributed by atoms with Crippen LogP contribution >= 0.6 is 11.8 Å². The molecule has 0 N–H and O–H groups in total. The van der Waals surface area contributed by atoms with Crippen LogP contribution in [0.2, 0.25) is 0 Å². The van der Waals surface area contributed by atoms with Crippen molar-refractivity contribution in [1.82, 2.24) is 4.90 Å². The summed E-state index contributed by atoms with van der Waals surface area (Å²) in [6.07, 6.45) is 3.49. The van der Waals surface area contributed by atoms with Crippen LogP contribution in [0.1, 0.15) is 18.7 Å². The van der Waals surface area contributed by atoms with Crippen LogP contribution in [-0.4, -0.2) is 23.1 Å². The second-order valence-corrected chi connectivity index (χ2v) is 4.99. The number of fused-ring (bicyclic) bond motifs is 1. The number of hydrogen-bond donors (Lipinski definition) is 0. The predicted octanol–water partition coefficient (Wildman–Crippen LogP) is 2.66. The maximum atomic E-state index is 12.0. The van der Waals surface area contributed by atoms with Gasteiger partial charge in [0.25, 0.3) is 0 Å². The molecule has 6 heteroatoms. The lowest BCUT2D eigenvalue weighted by molar-refractivity contribution is -0.136. The SMILES string of the molecule is COC(=O)C1=C(C)N=C2SC=CN2C1c1ccco1. The normalized spacial score (nSPS) is 21.5. The number of amidine groups is 1. The summed E-state index contributed by atoms with van der Waals surface area (Å²) in [7, 11) is 1.37. The van der Waals surface area contributed by atoms with Gasteiger partial charge in [0, 0.05) is 6.20 Å². The van der Waals surface area contributed by atoms with Crippen molar-refractivity contribution in [3.05, 3.63) is 47.0 Å². The third-order valence-corrected chi connectivity index (χ3v) is 3.81. The number of ether oxygens (including phenoxy) is 1. The summed E-state index contributed by atoms with van der Waals surface area (Å²) in [5.74, 6) is 0.311. The number of carbonyl (C=O) groups is 1. The monoisotopic (exact) mass is 276 g/mol. The molecule has 0 bridgehead atoms. The second-order valence-electron chi connectivity index (χ2n) is 4.11. The van der Waals surface area contributed by atoms with Crippen LogP contribution in [0.4, 0.5) is 0 Å². The highest BCUT2D eigenvalue weighted by atomic mass is 32.2. The molecule has 2 aliphatic heterocycles. The van der Waals surface area contributed by atoms with Crippen molar-refractivity contribution >= 4 is 22.9 Å². The third kappa shape index (κ3) is 1.88. The number of allylic oxidation sites excluding steroid dienone is 1. The molecule has 2 aliphatic rings. The third-order valence-electron chi connectivity index (χ3n) is 3.04. The lowest BCUT2D eigenvalue weighted by atomic mass is 10.0. The number of esters is 1. The number of hydrogen-bond acceptors (Lipinski definition) is 6. The Morgan fingerprint density at radius 3 is 3.11 bits per heavy atom. The predicted molar refractivity (Wildman–Crippen MR) is 72.2 cm³/mol. The average molecular weight is 276 g/mol. The van der Waals surface area contributed by atoms with Gasteiger partial charge >= 0.3 is 5.97 Å². The van der Waals surface area contributed by atoms with Crippen molar-refractivity contribution in [1.29, 1.82) is 0 Å². The lowest BCUT2D eigenvalue weighted by Gasteiger charge is -2.31. The molecule has 1 unspecified atom stereocenters. The van der Waals surface area contributed by atoms with E-state index >= 15 is 0 Å². The standard InChI is InChI=1S/C13H12N2O3S/c1-8-10(12(16)17-2)11(9-4-3-6-18-9)15-5-7-19-13(15)14-8/h3-7,11H,1-2H3. The van der Waals surface area contributed by atoms with Gasteiger partial charge in [-0.1, -0.05) is 11.8 Å². The van der Waals surface area contributed by atoms with Crippen molar-refractivity contribution < 1.29 is 13.9 Å². The maximum Gasteiger partial charge on any atom is 0.338 e. The van der Waals surface area contributed by atoms with Gasteiger partial charge in [0.15, 0.2) is 5.17 Å². The molecule has 0 fully saturated rings. The topological polar surface area (TPSA) is 55.0 Å². The molecular weight excluding hydrogens is 264 g/mol. The van der Waals surface area contributed by atoms with Gasteiger partial charge in [-0.3, -0.25) is 0 Å². The summed E-state index contributed by atoms with van der Waals surface area (Å²) in [5, 5.41) is 2.77. The van der Waals surface area contributed by atoms with Crippen molar-refractivity contribution in [3.8, 4) is 0 Å². The first-order valence-corrected chi connectivity index (χ1v) is 6.63. The van der Waals surface area contributed by atoms with E-state index in [1.807, 2.05) is 29.5 Å². The van der Waals surface area contributed by atoms with Crippen molar-refractivity contribution in [2.24, 2.45) is 4.99 Å². The molecule has 0 aliphatic carbocycles. The van der Waals surface area contributed by atoms with E-state index in [9.17, 15) is 4.79 Å². The number of rotatable bonds is 2. The quantitative estimate of drug-likeness (QED) is 0.777. The number of carbonyl (C=O) groups excluding carboxylic acids is 1. The Balaban J connectivity index is 2.13. The van der Waals surface area contributed by atoms with Crippen LogP contribution in [0, 0.1) is 0 Å². The smallest absolute Gasteiger partial charge is 0.338 e. The first-order chi connectivity index (χ1) is 9.22. The number of nitrogens with zero attached hydrogens (tertiary/aromatic N) is 2. The fourth-order valence-electron chi connectivity index (χ4n) is 2.20. The molecular formula is C13H12N2O3S. The number of methoxy groups -OCH3 is 1. The van der Waals surface area contributed by atoms with Crippen LogP contribution in [0.5, 0.6) is 0 Å². The number of thioether (sulfide) groups is 1. The summed E-state index contributed by atoms with van der Waals surface area (Å²) >= 11 is 1.52. The molecule has 3 rings (SSSR count). The summed E-state index contributed by atoms with van der Waals surface area (Å²) < 4.78 is 10.3. The molecule has 1 aromatic rings. The van der Waals surface area contributed by atoms with Gasteiger partial charge in [-0.15, -0.1) is 0 Å². The molecule has 3 heterocycles. The highest BCUT2D eigenvalue weighted by Crippen LogP contribution is 2.40. The van der Waals surface area contributed by atoms with Crippen molar-refractivity contribution in [2.75, 3.05) is 7.11 Å². The van der Waals surface area contributed by atoms with Gasteiger partial charge in [0.05, 0.1) is 24.6 Å². The zero-order valence-electron chi connectivity index (χ0n) is 10.5. The lowest BCUT2D eigenvalue weighted by Crippen LogP contribution is -2.33. The zero-order chi connectivity index (χ0) is 13.4. The molecule has 98 valence electrons. The summed E-state index contributed by atoms with van der Waals surface area (Å²) in [4.78, 5) is 18.4. The van der Waals surface area contributed by atoms with E-state index in [0.29, 0.717) is 17.0 Å². The van der Waals surface area contributed by atoms with E-state index in [0.717, 1.165) is 5.17 Å². The molecule has 1 atom stereocenters. The Morgan fingerprint density at radius 1 is 1.58 bits per heavy atom. The summed E-state index contributed by atoms with van der Waals surface area (Å²) in [6, 6.07) is 3.33. The van der Waals surface area contributed by atoms with Crippen LogP contribution in [0.3, 0.4) is 0 Å². The number of furan rings is 1. The van der Waals surface area contributed by atoms with Crippen LogP contribution in [0.25, 0.3) is 0 Å². The minimum absolute atomic E-state index is 0.318. The van der Waals surface area contributed by atoms with Crippen LogP contribution in [-0.2, 0) is 9.53 Å². The molecule has 0 radical (unpaired) electrons. The van der Waals surface area contributed by atoms with Crippen LogP contribution < -0.4 is 0 Å². The van der Waals surface area contributed by atoms with Crippen molar-refractivity contribution in [2.45, 2.75) is 13.0 Å². The van der Waals surface area contributed by atoms with Gasteiger partial charge in [-0.05, 0) is 24.5 Å². The summed E-state index contributed by atoms with van der Waals surface area (Å²) in [5.41, 5.74) is 1.17. The Kier molecular flexibility index (Phi) is 2.94. The Bertz CT molecular complexity index is 601. The highest BCUT2D eigenvalue weighted by Gasteiger charge is 2.38. The fourth-order valence-corrected chi connectivity index (χ4v) is 2.99. The maximum absolute atomic E-state index is 12.0. The van der Waals surface area contributed by atoms with Gasteiger partial charge in [-0.2, -0.15) is 0 Å². The second kappa shape index (κ2) is 4.62. The number of aliphatic imine (C=N–C) groups is 1. The summed E-state index contributed by atoms with van der Waals surface area (Å²) in [6.45, 7) is 1.81. The van der Waals surface area contributed by atoms with E-state index in [2.05, 4.69) is 4.99 Å². The van der Waals surface area contributed by atoms with Gasteiger partial charge in [0.2, 0.25) is 0 Å². The first-order valence-electron chi connectivity index (χ1n) is 5.75. The largest absolute Gasteiger partial charge is 0.467 e. The molecule has 0 amide bonds. The minimum atomic E-state index is -0.382. The average Bonchev–Trinajstić information content (AvgIpc) is 3.06. The molecule has 0 saturated heterocycles.